The van der Waals surface area contributed by atoms with Gasteiger partial charge in [-0.2, -0.15) is 0 Å². The van der Waals surface area contributed by atoms with Crippen molar-refractivity contribution in [3.63, 3.8) is 0 Å². The van der Waals surface area contributed by atoms with Crippen molar-refractivity contribution in [2.75, 3.05) is 26.2 Å². The third kappa shape index (κ3) is 5.84. The van der Waals surface area contributed by atoms with Crippen molar-refractivity contribution in [1.29, 1.82) is 0 Å². The number of aromatic hydroxyl groups is 2. The number of ether oxygens (including phenoxy) is 2. The van der Waals surface area contributed by atoms with Crippen molar-refractivity contribution in [3.8, 4) is 23.0 Å². The number of hydrogen-bond donors (Lipinski definition) is 6. The molecule has 246 valence electrons. The van der Waals surface area contributed by atoms with Crippen molar-refractivity contribution >= 4 is 29.8 Å². The Morgan fingerprint density at radius 1 is 0.681 bits per heavy atom. The topological polar surface area (TPSA) is 232 Å². The summed E-state index contributed by atoms with van der Waals surface area (Å²) in [4.78, 5) is 60.9. The van der Waals surface area contributed by atoms with E-state index in [9.17, 15) is 54.6 Å². The number of fused-ring (bicyclic) bond motifs is 6. The van der Waals surface area contributed by atoms with Gasteiger partial charge in [0, 0.05) is 18.7 Å². The predicted octanol–water partition coefficient (Wildman–Crippen LogP) is 1.89. The Morgan fingerprint density at radius 2 is 1.09 bits per heavy atom. The summed E-state index contributed by atoms with van der Waals surface area (Å²) in [6, 6.07) is 7.19. The van der Waals surface area contributed by atoms with Gasteiger partial charge >= 0.3 is 29.8 Å². The maximum Gasteiger partial charge on any atom is 0.340 e. The van der Waals surface area contributed by atoms with Crippen molar-refractivity contribution in [3.05, 3.63) is 81.4 Å². The van der Waals surface area contributed by atoms with Crippen LogP contribution in [0.2, 0.25) is 0 Å². The van der Waals surface area contributed by atoms with Crippen LogP contribution in [0.3, 0.4) is 0 Å². The number of carbonyl (C=O) groups is 5. The molecule has 0 fully saturated rings. The largest absolute Gasteiger partial charge is 0.504 e. The molecule has 2 aliphatic rings. The fraction of sp³-hybridized carbons (Fsp3) is 0.233. The molecule has 15 nitrogen and oxygen atoms in total. The van der Waals surface area contributed by atoms with Gasteiger partial charge in [-0.25, -0.2) is 13.6 Å². The minimum Gasteiger partial charge on any atom is -0.504 e. The number of carbonyl (C=O) groups excluding carboxylic acids is 1. The highest BCUT2D eigenvalue weighted by Gasteiger charge is 2.55. The molecular weight excluding hydrogens is 634 g/mol. The first-order valence-electron chi connectivity index (χ1n) is 13.6. The third-order valence-electron chi connectivity index (χ3n) is 7.54. The van der Waals surface area contributed by atoms with Gasteiger partial charge in [-0.15, -0.1) is 0 Å². The summed E-state index contributed by atoms with van der Waals surface area (Å²) in [5.41, 5.74) is -3.97. The lowest BCUT2D eigenvalue weighted by Crippen LogP contribution is -2.37. The van der Waals surface area contributed by atoms with E-state index in [2.05, 4.69) is 0 Å². The molecule has 17 heteroatoms. The first-order chi connectivity index (χ1) is 22.1. The number of carboxylic acid groups (broad SMARTS) is 4. The molecule has 2 aliphatic heterocycles. The summed E-state index contributed by atoms with van der Waals surface area (Å²) in [6.45, 7) is -5.11. The molecule has 3 aromatic carbocycles. The van der Waals surface area contributed by atoms with E-state index in [0.717, 1.165) is 21.9 Å². The van der Waals surface area contributed by atoms with Crippen LogP contribution in [-0.2, 0) is 42.6 Å². The molecule has 0 bridgehead atoms. The molecule has 2 heterocycles. The smallest absolute Gasteiger partial charge is 0.340 e. The monoisotopic (exact) mass is 658 g/mol. The van der Waals surface area contributed by atoms with Crippen molar-refractivity contribution in [2.24, 2.45) is 0 Å². The lowest BCUT2D eigenvalue weighted by molar-refractivity contribution is -0.144. The van der Waals surface area contributed by atoms with E-state index < -0.39 is 120 Å². The molecule has 0 radical (unpaired) electrons. The van der Waals surface area contributed by atoms with Crippen LogP contribution < -0.4 is 4.74 Å². The van der Waals surface area contributed by atoms with Crippen LogP contribution in [0.15, 0.2) is 36.4 Å². The Balaban J connectivity index is 1.83. The highest BCUT2D eigenvalue weighted by Crippen LogP contribution is 2.60. The first kappa shape index (κ1) is 32.6. The SMILES string of the molecule is O=C(O)CN(CC(=O)O)Cc1c(O)c(F)cc2c1Oc1c(cc(F)c(O)c1CN(CC(=O)O)CC(=O)O)C21OC(=O)c2ccccc21. The van der Waals surface area contributed by atoms with E-state index in [1.54, 1.807) is 0 Å². The summed E-state index contributed by atoms with van der Waals surface area (Å²) >= 11 is 0. The molecule has 47 heavy (non-hydrogen) atoms. The molecular formula is C30H24F2N2O13. The van der Waals surface area contributed by atoms with Crippen LogP contribution >= 0.6 is 0 Å². The predicted molar refractivity (Wildman–Crippen MR) is 149 cm³/mol. The number of rotatable bonds is 12. The summed E-state index contributed by atoms with van der Waals surface area (Å²) in [7, 11) is 0. The number of aliphatic carboxylic acids is 4. The van der Waals surface area contributed by atoms with Gasteiger partial charge in [0.2, 0.25) is 0 Å². The lowest BCUT2D eigenvalue weighted by Gasteiger charge is -2.39. The van der Waals surface area contributed by atoms with Crippen LogP contribution in [0.5, 0.6) is 23.0 Å². The highest BCUT2D eigenvalue weighted by molar-refractivity contribution is 5.97. The van der Waals surface area contributed by atoms with Gasteiger partial charge in [0.1, 0.15) is 11.5 Å². The molecule has 0 saturated heterocycles. The zero-order valence-corrected chi connectivity index (χ0v) is 23.9. The number of phenols is 2. The molecule has 6 N–H and O–H groups in total. The molecule has 1 spiro atoms. The molecule has 0 amide bonds. The fourth-order valence-corrected chi connectivity index (χ4v) is 5.81. The standard InChI is InChI=1S/C30H24F2N2O13/c31-19-5-17-27(14(25(19)43)7-33(9-21(35)36)10-22(37)38)46-28-15(8-34(11-23(39)40)12-24(41)42)26(44)20(32)6-18(28)30(17)16-4-2-1-3-13(16)29(45)47-30/h1-6,43-44H,7-12H2,(H,35,36)(H,37,38)(H,39,40)(H,41,42). The van der Waals surface area contributed by atoms with Gasteiger partial charge in [-0.05, 0) is 18.2 Å². The quantitative estimate of drug-likeness (QED) is 0.153. The Hall–Kier alpha value is -5.81. The zero-order chi connectivity index (χ0) is 34.4. The number of carboxylic acids is 4. The van der Waals surface area contributed by atoms with Crippen LogP contribution in [0.1, 0.15) is 38.2 Å². The van der Waals surface area contributed by atoms with E-state index in [4.69, 9.17) is 9.47 Å². The molecule has 5 rings (SSSR count). The number of phenolic OH excluding ortho intramolecular Hbond substituents is 2. The van der Waals surface area contributed by atoms with E-state index in [-0.39, 0.29) is 22.3 Å². The zero-order valence-electron chi connectivity index (χ0n) is 23.9. The Kier molecular flexibility index (Phi) is 8.44. The summed E-state index contributed by atoms with van der Waals surface area (Å²) in [6.07, 6.45) is 0. The number of nitrogens with zero attached hydrogens (tertiary/aromatic N) is 2. The molecule has 0 aliphatic carbocycles. The number of halogens is 2. The van der Waals surface area contributed by atoms with Crippen molar-refractivity contribution in [1.82, 2.24) is 9.80 Å². The Bertz CT molecular complexity index is 1730. The van der Waals surface area contributed by atoms with Gasteiger partial charge in [0.15, 0.2) is 28.7 Å². The van der Waals surface area contributed by atoms with Gasteiger partial charge in [-0.1, -0.05) is 18.2 Å². The number of hydrogen-bond acceptors (Lipinski definition) is 11. The molecule has 0 aromatic heterocycles. The van der Waals surface area contributed by atoms with Gasteiger partial charge in [0.25, 0.3) is 0 Å². The normalized spacial score (nSPS) is 13.9. The minimum atomic E-state index is -2.25. The van der Waals surface area contributed by atoms with Crippen molar-refractivity contribution in [2.45, 2.75) is 18.7 Å². The fourth-order valence-electron chi connectivity index (χ4n) is 5.81. The molecule has 0 atom stereocenters. The second kappa shape index (κ2) is 12.2. The van der Waals surface area contributed by atoms with Crippen LogP contribution in [-0.4, -0.2) is 96.5 Å². The second-order valence-electron chi connectivity index (χ2n) is 10.7. The molecule has 3 aromatic rings. The molecule has 0 saturated carbocycles. The second-order valence-corrected chi connectivity index (χ2v) is 10.7. The summed E-state index contributed by atoms with van der Waals surface area (Å²) in [5, 5.41) is 59.2. The average molecular weight is 659 g/mol. The first-order valence-corrected chi connectivity index (χ1v) is 13.6. The minimum absolute atomic E-state index is 0.0312. The Morgan fingerprint density at radius 3 is 1.49 bits per heavy atom. The van der Waals surface area contributed by atoms with E-state index in [0.29, 0.717) is 0 Å². The van der Waals surface area contributed by atoms with Gasteiger partial charge in [-0.3, -0.25) is 29.0 Å². The Labute approximate surface area is 262 Å². The maximum atomic E-state index is 15.5. The maximum absolute atomic E-state index is 15.5. The van der Waals surface area contributed by atoms with Crippen LogP contribution in [0.25, 0.3) is 0 Å². The third-order valence-corrected chi connectivity index (χ3v) is 7.54. The van der Waals surface area contributed by atoms with Gasteiger partial charge < -0.3 is 40.1 Å². The highest BCUT2D eigenvalue weighted by atomic mass is 19.1. The van der Waals surface area contributed by atoms with E-state index in [1.807, 2.05) is 0 Å². The van der Waals surface area contributed by atoms with E-state index >= 15 is 8.78 Å². The molecule has 0 unspecified atom stereocenters. The van der Waals surface area contributed by atoms with Crippen LogP contribution in [0, 0.1) is 11.6 Å². The van der Waals surface area contributed by atoms with Crippen LogP contribution in [0.4, 0.5) is 8.78 Å². The number of benzene rings is 3. The number of esters is 1. The van der Waals surface area contributed by atoms with Crippen molar-refractivity contribution < 1.29 is 72.9 Å². The van der Waals surface area contributed by atoms with Gasteiger partial charge in [0.05, 0.1) is 54.0 Å². The van der Waals surface area contributed by atoms with E-state index in [1.165, 1.54) is 24.3 Å². The lowest BCUT2D eigenvalue weighted by atomic mass is 9.76. The summed E-state index contributed by atoms with van der Waals surface area (Å²) in [5.74, 6) is -12.7. The average Bonchev–Trinajstić information content (AvgIpc) is 3.26. The summed E-state index contributed by atoms with van der Waals surface area (Å²) < 4.78 is 43.0.